The van der Waals surface area contributed by atoms with Gasteiger partial charge in [0.25, 0.3) is 0 Å². The number of aromatic nitrogens is 3. The molecule has 2 aromatic rings. The zero-order chi connectivity index (χ0) is 17.0. The van der Waals surface area contributed by atoms with E-state index in [4.69, 9.17) is 4.74 Å². The summed E-state index contributed by atoms with van der Waals surface area (Å²) in [6, 6.07) is 5.87. The average Bonchev–Trinajstić information content (AvgIpc) is 3.15. The normalized spacial score (nSPS) is 11.5. The van der Waals surface area contributed by atoms with Gasteiger partial charge in [-0.25, -0.2) is 9.67 Å². The van der Waals surface area contributed by atoms with Crippen molar-refractivity contribution < 1.29 is 4.74 Å². The van der Waals surface area contributed by atoms with Crippen molar-refractivity contribution in [2.45, 2.75) is 26.3 Å². The summed E-state index contributed by atoms with van der Waals surface area (Å²) in [7, 11) is 1.78. The topological polar surface area (TPSA) is 76.4 Å². The van der Waals surface area contributed by atoms with Crippen LogP contribution in [-0.4, -0.2) is 47.5 Å². The fourth-order valence-corrected chi connectivity index (χ4v) is 2.19. The molecule has 2 rings (SSSR count). The Labute approximate surface area is 143 Å². The first-order valence-corrected chi connectivity index (χ1v) is 8.30. The molecule has 0 spiro atoms. The highest BCUT2D eigenvalue weighted by atomic mass is 16.5. The Kier molecular flexibility index (Phi) is 7.76. The van der Waals surface area contributed by atoms with E-state index in [0.29, 0.717) is 6.54 Å². The third-order valence-corrected chi connectivity index (χ3v) is 3.44. The molecule has 0 saturated carbocycles. The quantitative estimate of drug-likeness (QED) is 0.416. The van der Waals surface area contributed by atoms with Crippen LogP contribution in [0.15, 0.2) is 41.8 Å². The molecule has 0 unspecified atom stereocenters. The van der Waals surface area contributed by atoms with Gasteiger partial charge in [-0.3, -0.25) is 4.99 Å². The van der Waals surface area contributed by atoms with Gasteiger partial charge >= 0.3 is 0 Å². The summed E-state index contributed by atoms with van der Waals surface area (Å²) in [4.78, 5) is 8.57. The molecule has 0 aliphatic rings. The summed E-state index contributed by atoms with van der Waals surface area (Å²) >= 11 is 0. The minimum absolute atomic E-state index is 0.676. The van der Waals surface area contributed by atoms with Crippen LogP contribution in [0, 0.1) is 0 Å². The van der Waals surface area contributed by atoms with E-state index in [-0.39, 0.29) is 0 Å². The molecule has 0 aliphatic heterocycles. The Bertz CT molecular complexity index is 611. The van der Waals surface area contributed by atoms with Crippen LogP contribution in [0.5, 0.6) is 0 Å². The van der Waals surface area contributed by atoms with Crippen LogP contribution in [0.25, 0.3) is 5.82 Å². The van der Waals surface area contributed by atoms with E-state index in [1.165, 1.54) is 0 Å². The van der Waals surface area contributed by atoms with Gasteiger partial charge in [0.15, 0.2) is 11.8 Å². The highest BCUT2D eigenvalue weighted by Gasteiger charge is 2.02. The van der Waals surface area contributed by atoms with E-state index >= 15 is 0 Å². The molecular formula is C17H26N6O. The number of hydrogen-bond acceptors (Lipinski definition) is 4. The fourth-order valence-electron chi connectivity index (χ4n) is 2.19. The number of hydrogen-bond donors (Lipinski definition) is 2. The lowest BCUT2D eigenvalue weighted by Gasteiger charge is -2.12. The predicted molar refractivity (Wildman–Crippen MR) is 95.3 cm³/mol. The first kappa shape index (κ1) is 17.9. The largest absolute Gasteiger partial charge is 0.382 e. The maximum Gasteiger partial charge on any atom is 0.191 e. The van der Waals surface area contributed by atoms with Crippen LogP contribution in [0.2, 0.25) is 0 Å². The van der Waals surface area contributed by atoms with Gasteiger partial charge in [-0.1, -0.05) is 0 Å². The summed E-state index contributed by atoms with van der Waals surface area (Å²) in [6.45, 7) is 5.17. The molecule has 2 heterocycles. The number of nitrogens with one attached hydrogen (secondary N) is 2. The second kappa shape index (κ2) is 10.4. The molecule has 0 amide bonds. The molecule has 0 atom stereocenters. The second-order valence-electron chi connectivity index (χ2n) is 5.23. The average molecular weight is 330 g/mol. The van der Waals surface area contributed by atoms with E-state index < -0.39 is 0 Å². The van der Waals surface area contributed by atoms with E-state index in [9.17, 15) is 0 Å². The van der Waals surface area contributed by atoms with Crippen molar-refractivity contribution in [2.75, 3.05) is 26.8 Å². The van der Waals surface area contributed by atoms with Gasteiger partial charge in [0.05, 0.1) is 0 Å². The van der Waals surface area contributed by atoms with E-state index in [1.54, 1.807) is 24.1 Å². The molecule has 0 bridgehead atoms. The third kappa shape index (κ3) is 6.00. The molecule has 130 valence electrons. The van der Waals surface area contributed by atoms with Crippen molar-refractivity contribution in [3.8, 4) is 5.82 Å². The standard InChI is InChI=1S/C17H26N6O/c1-3-24-12-5-4-8-20-17(18-2)21-14-15-7-10-19-16(13-15)23-11-6-9-22-23/h6-7,9-11,13H,3-5,8,12,14H2,1-2H3,(H2,18,20,21). The molecule has 24 heavy (non-hydrogen) atoms. The van der Waals surface area contributed by atoms with Gasteiger partial charge in [0, 0.05) is 51.9 Å². The summed E-state index contributed by atoms with van der Waals surface area (Å²) in [5, 5.41) is 10.8. The molecule has 0 aliphatic carbocycles. The molecule has 2 aromatic heterocycles. The van der Waals surface area contributed by atoms with Crippen LogP contribution in [0.1, 0.15) is 25.3 Å². The maximum absolute atomic E-state index is 5.33. The Balaban J connectivity index is 1.76. The summed E-state index contributed by atoms with van der Waals surface area (Å²) < 4.78 is 7.07. The molecule has 7 nitrogen and oxygen atoms in total. The van der Waals surface area contributed by atoms with Crippen molar-refractivity contribution in [3.63, 3.8) is 0 Å². The zero-order valence-corrected chi connectivity index (χ0v) is 14.4. The molecule has 0 saturated heterocycles. The molecule has 7 heteroatoms. The minimum Gasteiger partial charge on any atom is -0.382 e. The van der Waals surface area contributed by atoms with E-state index in [1.807, 2.05) is 31.3 Å². The van der Waals surface area contributed by atoms with Crippen LogP contribution >= 0.6 is 0 Å². The molecule has 0 aromatic carbocycles. The lowest BCUT2D eigenvalue weighted by Crippen LogP contribution is -2.37. The lowest BCUT2D eigenvalue weighted by molar-refractivity contribution is 0.143. The molecule has 0 radical (unpaired) electrons. The first-order chi connectivity index (χ1) is 11.8. The summed E-state index contributed by atoms with van der Waals surface area (Å²) in [6.07, 6.45) is 7.51. The smallest absolute Gasteiger partial charge is 0.191 e. The SMILES string of the molecule is CCOCCCCNC(=NC)NCc1ccnc(-n2cccn2)c1. The van der Waals surface area contributed by atoms with Crippen LogP contribution in [-0.2, 0) is 11.3 Å². The summed E-state index contributed by atoms with van der Waals surface area (Å²) in [5.41, 5.74) is 1.12. The van der Waals surface area contributed by atoms with E-state index in [0.717, 1.165) is 49.9 Å². The molecule has 0 fully saturated rings. The lowest BCUT2D eigenvalue weighted by atomic mass is 10.2. The Morgan fingerprint density at radius 3 is 2.96 bits per heavy atom. The van der Waals surface area contributed by atoms with Crippen LogP contribution in [0.3, 0.4) is 0 Å². The number of guanidine groups is 1. The highest BCUT2D eigenvalue weighted by molar-refractivity contribution is 5.79. The number of aliphatic imine (C=N–C) groups is 1. The van der Waals surface area contributed by atoms with Crippen molar-refractivity contribution in [2.24, 2.45) is 4.99 Å². The number of nitrogens with zero attached hydrogens (tertiary/aromatic N) is 4. The van der Waals surface area contributed by atoms with Crippen LogP contribution < -0.4 is 10.6 Å². The zero-order valence-electron chi connectivity index (χ0n) is 14.4. The number of ether oxygens (including phenoxy) is 1. The van der Waals surface area contributed by atoms with Gasteiger partial charge < -0.3 is 15.4 Å². The summed E-state index contributed by atoms with van der Waals surface area (Å²) in [5.74, 6) is 1.60. The highest BCUT2D eigenvalue weighted by Crippen LogP contribution is 2.05. The van der Waals surface area contributed by atoms with Crippen molar-refractivity contribution >= 4 is 5.96 Å². The number of rotatable bonds is 9. The Morgan fingerprint density at radius 1 is 1.29 bits per heavy atom. The van der Waals surface area contributed by atoms with Gasteiger partial charge in [-0.2, -0.15) is 5.10 Å². The maximum atomic E-state index is 5.33. The predicted octanol–water partition coefficient (Wildman–Crippen LogP) is 1.75. The van der Waals surface area contributed by atoms with Crippen molar-refractivity contribution in [3.05, 3.63) is 42.4 Å². The third-order valence-electron chi connectivity index (χ3n) is 3.44. The van der Waals surface area contributed by atoms with Crippen LogP contribution in [0.4, 0.5) is 0 Å². The van der Waals surface area contributed by atoms with Gasteiger partial charge in [0.1, 0.15) is 0 Å². The van der Waals surface area contributed by atoms with Gasteiger partial charge in [-0.05, 0) is 43.5 Å². The Morgan fingerprint density at radius 2 is 2.21 bits per heavy atom. The van der Waals surface area contributed by atoms with Gasteiger partial charge in [0.2, 0.25) is 0 Å². The number of unbranched alkanes of at least 4 members (excludes halogenated alkanes) is 1. The molecular weight excluding hydrogens is 304 g/mol. The van der Waals surface area contributed by atoms with E-state index in [2.05, 4.69) is 25.7 Å². The first-order valence-electron chi connectivity index (χ1n) is 8.30. The van der Waals surface area contributed by atoms with Gasteiger partial charge in [-0.15, -0.1) is 0 Å². The van der Waals surface area contributed by atoms with Crippen molar-refractivity contribution in [1.82, 2.24) is 25.4 Å². The fraction of sp³-hybridized carbons (Fsp3) is 0.471. The Hall–Kier alpha value is -2.41. The molecule has 2 N–H and O–H groups in total. The monoisotopic (exact) mass is 330 g/mol. The second-order valence-corrected chi connectivity index (χ2v) is 5.23. The number of pyridine rings is 1. The van der Waals surface area contributed by atoms with Crippen molar-refractivity contribution in [1.29, 1.82) is 0 Å². The minimum atomic E-state index is 0.676.